The predicted octanol–water partition coefficient (Wildman–Crippen LogP) is 2.69. The molecule has 6 nitrogen and oxygen atoms in total. The number of fused-ring (bicyclic) bond motifs is 2. The highest BCUT2D eigenvalue weighted by Gasteiger charge is 2.45. The van der Waals surface area contributed by atoms with Crippen molar-refractivity contribution in [1.82, 2.24) is 19.8 Å². The molecule has 1 amide bonds. The molecule has 2 saturated heterocycles. The second-order valence-corrected chi connectivity index (χ2v) is 8.06. The first-order valence-corrected chi connectivity index (χ1v) is 10.1. The van der Waals surface area contributed by atoms with Gasteiger partial charge in [0.05, 0.1) is 12.3 Å². The van der Waals surface area contributed by atoms with Crippen molar-refractivity contribution in [1.29, 1.82) is 0 Å². The van der Waals surface area contributed by atoms with Crippen molar-refractivity contribution in [2.75, 3.05) is 32.8 Å². The molecule has 2 aliphatic heterocycles. The van der Waals surface area contributed by atoms with Gasteiger partial charge in [0.2, 0.25) is 0 Å². The number of rotatable bonds is 2. The Morgan fingerprint density at radius 1 is 1.31 bits per heavy atom. The Balaban J connectivity index is 1.43. The Morgan fingerprint density at radius 3 is 2.88 bits per heavy atom. The zero-order valence-corrected chi connectivity index (χ0v) is 16.0. The molecule has 26 heavy (non-hydrogen) atoms. The van der Waals surface area contributed by atoms with E-state index in [1.54, 1.807) is 0 Å². The minimum absolute atomic E-state index is 0.155. The largest absolute Gasteiger partial charge is 0.450 e. The molecule has 0 saturated carbocycles. The van der Waals surface area contributed by atoms with Gasteiger partial charge in [-0.05, 0) is 64.5 Å². The summed E-state index contributed by atoms with van der Waals surface area (Å²) in [5, 5.41) is 0. The number of aromatic nitrogens is 2. The lowest BCUT2D eigenvalue weighted by Gasteiger charge is -2.46. The van der Waals surface area contributed by atoms with Crippen LogP contribution in [0.25, 0.3) is 0 Å². The van der Waals surface area contributed by atoms with Crippen LogP contribution in [0.1, 0.15) is 56.1 Å². The Labute approximate surface area is 155 Å². The summed E-state index contributed by atoms with van der Waals surface area (Å²) in [5.74, 6) is 0.893. The van der Waals surface area contributed by atoms with Crippen LogP contribution in [-0.2, 0) is 16.6 Å². The summed E-state index contributed by atoms with van der Waals surface area (Å²) in [5.41, 5.74) is 2.90. The molecule has 0 N–H and O–H groups in total. The van der Waals surface area contributed by atoms with E-state index in [4.69, 9.17) is 9.72 Å². The first-order valence-electron chi connectivity index (χ1n) is 10.1. The van der Waals surface area contributed by atoms with Crippen LogP contribution in [0.2, 0.25) is 0 Å². The number of piperidine rings is 2. The SMILES string of the molecule is CCOC(=O)N1CCC(N2CCCC3(CCc4cnc(C)nc43)C2)CC1. The Hall–Kier alpha value is -1.69. The van der Waals surface area contributed by atoms with Gasteiger partial charge in [-0.2, -0.15) is 0 Å². The van der Waals surface area contributed by atoms with Crippen molar-refractivity contribution >= 4 is 6.09 Å². The van der Waals surface area contributed by atoms with Crippen molar-refractivity contribution in [2.45, 2.75) is 63.8 Å². The summed E-state index contributed by atoms with van der Waals surface area (Å²) >= 11 is 0. The number of ether oxygens (including phenoxy) is 1. The van der Waals surface area contributed by atoms with Gasteiger partial charge in [-0.15, -0.1) is 0 Å². The third kappa shape index (κ3) is 3.20. The van der Waals surface area contributed by atoms with E-state index >= 15 is 0 Å². The third-order valence-corrected chi connectivity index (χ3v) is 6.47. The minimum Gasteiger partial charge on any atom is -0.450 e. The number of nitrogens with zero attached hydrogens (tertiary/aromatic N) is 4. The highest BCUT2D eigenvalue weighted by molar-refractivity contribution is 5.67. The van der Waals surface area contributed by atoms with Gasteiger partial charge in [-0.1, -0.05) is 0 Å². The minimum atomic E-state index is -0.155. The quantitative estimate of drug-likeness (QED) is 0.813. The van der Waals surface area contributed by atoms with Crippen LogP contribution in [0.3, 0.4) is 0 Å². The summed E-state index contributed by atoms with van der Waals surface area (Å²) in [6.45, 7) is 8.22. The maximum Gasteiger partial charge on any atom is 0.409 e. The molecule has 0 aromatic carbocycles. The summed E-state index contributed by atoms with van der Waals surface area (Å²) < 4.78 is 5.15. The molecule has 0 radical (unpaired) electrons. The molecule has 1 aromatic rings. The predicted molar refractivity (Wildman–Crippen MR) is 99.2 cm³/mol. The van der Waals surface area contributed by atoms with Gasteiger partial charge in [0, 0.05) is 37.3 Å². The standard InChI is InChI=1S/C20H30N4O2/c1-3-26-19(25)23-11-6-17(7-12-23)24-10-4-8-20(14-24)9-5-16-13-21-15(2)22-18(16)20/h13,17H,3-12,14H2,1-2H3. The van der Waals surface area contributed by atoms with Crippen molar-refractivity contribution in [3.8, 4) is 0 Å². The highest BCUT2D eigenvalue weighted by atomic mass is 16.6. The summed E-state index contributed by atoms with van der Waals surface area (Å²) in [4.78, 5) is 25.7. The Morgan fingerprint density at radius 2 is 2.12 bits per heavy atom. The lowest BCUT2D eigenvalue weighted by atomic mass is 9.76. The Kier molecular flexibility index (Phi) is 4.86. The normalized spacial score (nSPS) is 26.9. The molecule has 142 valence electrons. The van der Waals surface area contributed by atoms with Crippen molar-refractivity contribution in [3.63, 3.8) is 0 Å². The highest BCUT2D eigenvalue weighted by Crippen LogP contribution is 2.44. The second-order valence-electron chi connectivity index (χ2n) is 8.06. The van der Waals surface area contributed by atoms with E-state index in [9.17, 15) is 4.79 Å². The fraction of sp³-hybridized carbons (Fsp3) is 0.750. The van der Waals surface area contributed by atoms with Gasteiger partial charge in [0.1, 0.15) is 5.82 Å². The number of carbonyl (C=O) groups is 1. The van der Waals surface area contributed by atoms with Gasteiger partial charge in [-0.25, -0.2) is 14.8 Å². The molecule has 6 heteroatoms. The van der Waals surface area contributed by atoms with E-state index in [0.29, 0.717) is 12.6 Å². The molecule has 3 heterocycles. The first-order chi connectivity index (χ1) is 12.6. The van der Waals surface area contributed by atoms with Gasteiger partial charge in [0.25, 0.3) is 0 Å². The van der Waals surface area contributed by atoms with Crippen molar-refractivity contribution in [3.05, 3.63) is 23.3 Å². The van der Waals surface area contributed by atoms with Crippen LogP contribution in [0.4, 0.5) is 4.79 Å². The molecule has 1 aliphatic carbocycles. The lowest BCUT2D eigenvalue weighted by Crippen LogP contribution is -2.53. The van der Waals surface area contributed by atoms with Crippen LogP contribution >= 0.6 is 0 Å². The smallest absolute Gasteiger partial charge is 0.409 e. The van der Waals surface area contributed by atoms with Crippen LogP contribution < -0.4 is 0 Å². The fourth-order valence-corrected chi connectivity index (χ4v) is 5.13. The van der Waals surface area contributed by atoms with Crippen LogP contribution in [0.5, 0.6) is 0 Å². The molecule has 4 rings (SSSR count). The second kappa shape index (κ2) is 7.14. The summed E-state index contributed by atoms with van der Waals surface area (Å²) in [6.07, 6.45) is 8.79. The van der Waals surface area contributed by atoms with Crippen molar-refractivity contribution < 1.29 is 9.53 Å². The van der Waals surface area contributed by atoms with E-state index in [1.165, 1.54) is 37.1 Å². The van der Waals surface area contributed by atoms with Gasteiger partial charge >= 0.3 is 6.09 Å². The Bertz CT molecular complexity index is 668. The maximum absolute atomic E-state index is 11.9. The summed E-state index contributed by atoms with van der Waals surface area (Å²) in [6, 6.07) is 0.574. The van der Waals surface area contributed by atoms with E-state index in [-0.39, 0.29) is 11.5 Å². The molecular weight excluding hydrogens is 328 g/mol. The number of carbonyl (C=O) groups excluding carboxylic acids is 1. The molecule has 1 spiro atoms. The third-order valence-electron chi connectivity index (χ3n) is 6.47. The number of likely N-dealkylation sites (tertiary alicyclic amines) is 2. The maximum atomic E-state index is 11.9. The van der Waals surface area contributed by atoms with Crippen LogP contribution in [0.15, 0.2) is 6.20 Å². The van der Waals surface area contributed by atoms with Gasteiger partial charge in [-0.3, -0.25) is 4.90 Å². The van der Waals surface area contributed by atoms with Crippen LogP contribution in [0, 0.1) is 6.92 Å². The van der Waals surface area contributed by atoms with Gasteiger partial charge < -0.3 is 9.64 Å². The van der Waals surface area contributed by atoms with E-state index < -0.39 is 0 Å². The van der Waals surface area contributed by atoms with E-state index in [0.717, 1.165) is 44.7 Å². The molecule has 2 fully saturated rings. The average molecular weight is 358 g/mol. The number of aryl methyl sites for hydroxylation is 2. The molecule has 3 aliphatic rings. The average Bonchev–Trinajstić information content (AvgIpc) is 2.99. The monoisotopic (exact) mass is 358 g/mol. The number of hydrogen-bond acceptors (Lipinski definition) is 5. The number of hydrogen-bond donors (Lipinski definition) is 0. The van der Waals surface area contributed by atoms with Crippen molar-refractivity contribution in [2.24, 2.45) is 0 Å². The zero-order chi connectivity index (χ0) is 18.1. The number of amides is 1. The van der Waals surface area contributed by atoms with E-state index in [2.05, 4.69) is 9.88 Å². The summed E-state index contributed by atoms with van der Waals surface area (Å²) in [7, 11) is 0. The molecule has 1 atom stereocenters. The van der Waals surface area contributed by atoms with Gasteiger partial charge in [0.15, 0.2) is 0 Å². The molecular formula is C20H30N4O2. The fourth-order valence-electron chi connectivity index (χ4n) is 5.13. The van der Waals surface area contributed by atoms with E-state index in [1.807, 2.05) is 24.9 Å². The first kappa shape index (κ1) is 17.7. The topological polar surface area (TPSA) is 58.6 Å². The molecule has 0 bridgehead atoms. The molecule has 1 unspecified atom stereocenters. The van der Waals surface area contributed by atoms with Crippen LogP contribution in [-0.4, -0.2) is 64.7 Å². The molecule has 1 aromatic heterocycles. The lowest BCUT2D eigenvalue weighted by molar-refractivity contribution is 0.0491. The zero-order valence-electron chi connectivity index (χ0n) is 16.0.